The summed E-state index contributed by atoms with van der Waals surface area (Å²) in [6, 6.07) is 15.3. The average Bonchev–Trinajstić information content (AvgIpc) is 3.10. The fourth-order valence-corrected chi connectivity index (χ4v) is 3.12. The maximum atomic E-state index is 11.5. The van der Waals surface area contributed by atoms with Gasteiger partial charge in [-0.3, -0.25) is 0 Å². The molecule has 0 amide bonds. The molecule has 29 heavy (non-hydrogen) atoms. The molecule has 0 aliphatic rings. The number of aromatic nitrogens is 3. The zero-order chi connectivity index (χ0) is 21.0. The predicted molar refractivity (Wildman–Crippen MR) is 112 cm³/mol. The average molecular weight is 393 g/mol. The molecule has 0 unspecified atom stereocenters. The quantitative estimate of drug-likeness (QED) is 0.625. The van der Waals surface area contributed by atoms with Crippen molar-refractivity contribution in [3.8, 4) is 17.1 Å². The summed E-state index contributed by atoms with van der Waals surface area (Å²) < 4.78 is 7.50. The minimum Gasteiger partial charge on any atom is -0.478 e. The molecular formula is C23H27N3O3. The standard InChI is InChI=1S/C23H27N3O3/c1-5-14-29-22-24-21(23(2,3)4)26(25-22)15-16-10-12-17(13-11-16)18-8-6-7-9-19(18)20(27)28/h6-13H,5,14-15H2,1-4H3,(H,27,28). The molecule has 6 heteroatoms. The number of carbonyl (C=O) groups is 1. The Morgan fingerprint density at radius 1 is 1.10 bits per heavy atom. The first-order valence-electron chi connectivity index (χ1n) is 9.79. The van der Waals surface area contributed by atoms with Gasteiger partial charge in [-0.25, -0.2) is 9.48 Å². The van der Waals surface area contributed by atoms with Gasteiger partial charge in [0.15, 0.2) is 0 Å². The molecule has 3 aromatic rings. The van der Waals surface area contributed by atoms with Gasteiger partial charge in [0.1, 0.15) is 5.82 Å². The molecule has 152 valence electrons. The first kappa shape index (κ1) is 20.6. The van der Waals surface area contributed by atoms with Crippen LogP contribution in [0.25, 0.3) is 11.1 Å². The number of rotatable bonds is 7. The number of hydrogen-bond donors (Lipinski definition) is 1. The van der Waals surface area contributed by atoms with Gasteiger partial charge < -0.3 is 9.84 Å². The summed E-state index contributed by atoms with van der Waals surface area (Å²) in [4.78, 5) is 16.1. The lowest BCUT2D eigenvalue weighted by atomic mass is 9.95. The molecule has 0 spiro atoms. The van der Waals surface area contributed by atoms with Crippen LogP contribution in [0.1, 0.15) is 55.9 Å². The number of carboxylic acids is 1. The van der Waals surface area contributed by atoms with Gasteiger partial charge >= 0.3 is 12.0 Å². The molecule has 0 aliphatic heterocycles. The van der Waals surface area contributed by atoms with Gasteiger partial charge in [0, 0.05) is 5.41 Å². The van der Waals surface area contributed by atoms with Crippen molar-refractivity contribution in [3.05, 3.63) is 65.5 Å². The topological polar surface area (TPSA) is 77.2 Å². The van der Waals surface area contributed by atoms with Crippen molar-refractivity contribution in [1.29, 1.82) is 0 Å². The monoisotopic (exact) mass is 393 g/mol. The highest BCUT2D eigenvalue weighted by molar-refractivity contribution is 5.95. The summed E-state index contributed by atoms with van der Waals surface area (Å²) in [5.74, 6) is -0.0642. The summed E-state index contributed by atoms with van der Waals surface area (Å²) in [5, 5.41) is 13.9. The molecule has 0 bridgehead atoms. The Kier molecular flexibility index (Phi) is 6.01. The third-order valence-electron chi connectivity index (χ3n) is 4.51. The number of benzene rings is 2. The minimum absolute atomic E-state index is 0.165. The van der Waals surface area contributed by atoms with Crippen molar-refractivity contribution >= 4 is 5.97 Å². The number of ether oxygens (including phenoxy) is 1. The van der Waals surface area contributed by atoms with Crippen molar-refractivity contribution in [2.24, 2.45) is 0 Å². The number of nitrogens with zero attached hydrogens (tertiary/aromatic N) is 3. The lowest BCUT2D eigenvalue weighted by Gasteiger charge is -2.18. The summed E-state index contributed by atoms with van der Waals surface area (Å²) in [6.07, 6.45) is 0.901. The van der Waals surface area contributed by atoms with E-state index in [1.165, 1.54) is 0 Å². The van der Waals surface area contributed by atoms with Gasteiger partial charge in [0.2, 0.25) is 0 Å². The van der Waals surface area contributed by atoms with Gasteiger partial charge in [-0.1, -0.05) is 70.2 Å². The fourth-order valence-electron chi connectivity index (χ4n) is 3.12. The number of carboxylic acid groups (broad SMARTS) is 1. The van der Waals surface area contributed by atoms with Crippen LogP contribution >= 0.6 is 0 Å². The van der Waals surface area contributed by atoms with Crippen LogP contribution in [0.3, 0.4) is 0 Å². The summed E-state index contributed by atoms with van der Waals surface area (Å²) >= 11 is 0. The van der Waals surface area contributed by atoms with E-state index in [1.807, 2.05) is 48.0 Å². The molecule has 1 aromatic heterocycles. The fraction of sp³-hybridized carbons (Fsp3) is 0.348. The van der Waals surface area contributed by atoms with Gasteiger partial charge in [0.05, 0.1) is 18.7 Å². The van der Waals surface area contributed by atoms with Crippen LogP contribution in [0.2, 0.25) is 0 Å². The van der Waals surface area contributed by atoms with Gasteiger partial charge in [-0.15, -0.1) is 5.10 Å². The molecule has 0 radical (unpaired) electrons. The van der Waals surface area contributed by atoms with E-state index in [-0.39, 0.29) is 5.41 Å². The molecule has 0 aliphatic carbocycles. The third kappa shape index (κ3) is 4.83. The van der Waals surface area contributed by atoms with Gasteiger partial charge in [-0.05, 0) is 29.2 Å². The van der Waals surface area contributed by atoms with Crippen molar-refractivity contribution in [1.82, 2.24) is 14.8 Å². The smallest absolute Gasteiger partial charge is 0.336 e. The summed E-state index contributed by atoms with van der Waals surface area (Å²) in [5.41, 5.74) is 2.76. The predicted octanol–water partition coefficient (Wildman–Crippen LogP) is 4.78. The molecule has 0 saturated heterocycles. The number of hydrogen-bond acceptors (Lipinski definition) is 4. The lowest BCUT2D eigenvalue weighted by molar-refractivity contribution is 0.0697. The number of aromatic carboxylic acids is 1. The maximum absolute atomic E-state index is 11.5. The Hall–Kier alpha value is -3.15. The van der Waals surface area contributed by atoms with Crippen LogP contribution < -0.4 is 4.74 Å². The Bertz CT molecular complexity index is 985. The molecule has 0 atom stereocenters. The molecule has 3 rings (SSSR count). The van der Waals surface area contributed by atoms with Gasteiger partial charge in [0.25, 0.3) is 0 Å². The summed E-state index contributed by atoms with van der Waals surface area (Å²) in [6.45, 7) is 9.50. The SMILES string of the molecule is CCCOc1nc(C(C)(C)C)n(Cc2ccc(-c3ccccc3C(=O)O)cc2)n1. The van der Waals surface area contributed by atoms with E-state index < -0.39 is 5.97 Å². The Morgan fingerprint density at radius 3 is 2.41 bits per heavy atom. The second-order valence-electron chi connectivity index (χ2n) is 8.02. The van der Waals surface area contributed by atoms with Crippen LogP contribution in [-0.4, -0.2) is 32.4 Å². The van der Waals surface area contributed by atoms with Crippen molar-refractivity contribution in [3.63, 3.8) is 0 Å². The molecule has 1 N–H and O–H groups in total. The van der Waals surface area contributed by atoms with E-state index in [9.17, 15) is 9.90 Å². The van der Waals surface area contributed by atoms with E-state index in [4.69, 9.17) is 4.74 Å². The van der Waals surface area contributed by atoms with Crippen LogP contribution in [0.15, 0.2) is 48.5 Å². The van der Waals surface area contributed by atoms with Crippen molar-refractivity contribution in [2.75, 3.05) is 6.61 Å². The minimum atomic E-state index is -0.929. The normalized spacial score (nSPS) is 11.4. The second-order valence-corrected chi connectivity index (χ2v) is 8.02. The molecule has 0 fully saturated rings. The first-order valence-corrected chi connectivity index (χ1v) is 9.79. The van der Waals surface area contributed by atoms with E-state index in [0.29, 0.717) is 30.3 Å². The highest BCUT2D eigenvalue weighted by Gasteiger charge is 2.23. The first-order chi connectivity index (χ1) is 13.8. The van der Waals surface area contributed by atoms with Crippen molar-refractivity contribution in [2.45, 2.75) is 46.1 Å². The largest absolute Gasteiger partial charge is 0.478 e. The van der Waals surface area contributed by atoms with E-state index in [0.717, 1.165) is 23.4 Å². The Balaban J connectivity index is 1.87. The molecule has 2 aromatic carbocycles. The lowest BCUT2D eigenvalue weighted by Crippen LogP contribution is -2.20. The summed E-state index contributed by atoms with van der Waals surface area (Å²) in [7, 11) is 0. The zero-order valence-electron chi connectivity index (χ0n) is 17.3. The Labute approximate surface area is 171 Å². The van der Waals surface area contributed by atoms with E-state index in [1.54, 1.807) is 12.1 Å². The van der Waals surface area contributed by atoms with Crippen LogP contribution in [0.4, 0.5) is 0 Å². The van der Waals surface area contributed by atoms with Gasteiger partial charge in [-0.2, -0.15) is 4.98 Å². The van der Waals surface area contributed by atoms with Crippen LogP contribution in [-0.2, 0) is 12.0 Å². The second kappa shape index (κ2) is 8.47. The van der Waals surface area contributed by atoms with E-state index >= 15 is 0 Å². The molecule has 0 saturated carbocycles. The van der Waals surface area contributed by atoms with Crippen LogP contribution in [0.5, 0.6) is 6.01 Å². The highest BCUT2D eigenvalue weighted by atomic mass is 16.5. The van der Waals surface area contributed by atoms with E-state index in [2.05, 4.69) is 30.9 Å². The molecular weight excluding hydrogens is 366 g/mol. The van der Waals surface area contributed by atoms with Crippen molar-refractivity contribution < 1.29 is 14.6 Å². The Morgan fingerprint density at radius 2 is 1.79 bits per heavy atom. The third-order valence-corrected chi connectivity index (χ3v) is 4.51. The maximum Gasteiger partial charge on any atom is 0.336 e. The molecule has 1 heterocycles. The molecule has 6 nitrogen and oxygen atoms in total. The zero-order valence-corrected chi connectivity index (χ0v) is 17.3. The van der Waals surface area contributed by atoms with Crippen LogP contribution in [0, 0.1) is 0 Å². The highest BCUT2D eigenvalue weighted by Crippen LogP contribution is 2.26.